The predicted molar refractivity (Wildman–Crippen MR) is 90.3 cm³/mol. The Balaban J connectivity index is 3.14. The molecular weight excluding hydrogens is 300 g/mol. The van der Waals surface area contributed by atoms with Crippen LogP contribution in [0.1, 0.15) is 34.1 Å². The minimum Gasteiger partial charge on any atom is -0.352 e. The third kappa shape index (κ3) is 4.73. The fraction of sp³-hybridized carbons (Fsp3) is 0.562. The van der Waals surface area contributed by atoms with E-state index in [1.165, 1.54) is 4.31 Å². The second kappa shape index (κ2) is 7.63. The Kier molecular flexibility index (Phi) is 6.41. The number of sulfonamides is 1. The van der Waals surface area contributed by atoms with E-state index in [9.17, 15) is 13.2 Å². The van der Waals surface area contributed by atoms with Gasteiger partial charge in [0.1, 0.15) is 6.04 Å². The lowest BCUT2D eigenvalue weighted by Gasteiger charge is -2.31. The van der Waals surface area contributed by atoms with Crippen LogP contribution in [0.15, 0.2) is 30.3 Å². The fourth-order valence-electron chi connectivity index (χ4n) is 2.12. The molecule has 0 bridgehead atoms. The first kappa shape index (κ1) is 18.5. The second-order valence-electron chi connectivity index (χ2n) is 5.86. The SMILES string of the molecule is CC[C@@H](C(=O)N[C@@H](C)C(C)C)N(c1ccccc1)S(C)(=O)=O. The van der Waals surface area contributed by atoms with Gasteiger partial charge in [0, 0.05) is 6.04 Å². The molecule has 1 amide bonds. The Hall–Kier alpha value is -1.56. The molecule has 22 heavy (non-hydrogen) atoms. The van der Waals surface area contributed by atoms with Crippen LogP contribution in [-0.2, 0) is 14.8 Å². The van der Waals surface area contributed by atoms with Crippen molar-refractivity contribution in [3.8, 4) is 0 Å². The van der Waals surface area contributed by atoms with Gasteiger partial charge in [0.05, 0.1) is 11.9 Å². The zero-order valence-corrected chi connectivity index (χ0v) is 14.7. The van der Waals surface area contributed by atoms with E-state index in [1.807, 2.05) is 33.8 Å². The second-order valence-corrected chi connectivity index (χ2v) is 7.72. The molecule has 0 aromatic heterocycles. The topological polar surface area (TPSA) is 66.5 Å². The average Bonchev–Trinajstić information content (AvgIpc) is 2.43. The molecule has 0 unspecified atom stereocenters. The third-order valence-electron chi connectivity index (χ3n) is 3.71. The molecule has 0 aliphatic heterocycles. The lowest BCUT2D eigenvalue weighted by molar-refractivity contribution is -0.123. The van der Waals surface area contributed by atoms with Gasteiger partial charge in [-0.1, -0.05) is 39.0 Å². The minimum absolute atomic E-state index is 0.0151. The number of anilines is 1. The predicted octanol–water partition coefficient (Wildman–Crippen LogP) is 2.39. The van der Waals surface area contributed by atoms with Crippen molar-refractivity contribution in [3.63, 3.8) is 0 Å². The first-order valence-corrected chi connectivity index (χ1v) is 9.38. The summed E-state index contributed by atoms with van der Waals surface area (Å²) in [7, 11) is -3.56. The van der Waals surface area contributed by atoms with Crippen LogP contribution in [-0.4, -0.2) is 32.7 Å². The summed E-state index contributed by atoms with van der Waals surface area (Å²) in [5.74, 6) is 0.0165. The molecule has 1 rings (SSSR count). The largest absolute Gasteiger partial charge is 0.352 e. The summed E-state index contributed by atoms with van der Waals surface area (Å²) in [6.07, 6.45) is 1.53. The molecule has 1 N–H and O–H groups in total. The lowest BCUT2D eigenvalue weighted by atomic mass is 10.1. The molecule has 0 aliphatic carbocycles. The van der Waals surface area contributed by atoms with E-state index in [0.29, 0.717) is 12.1 Å². The summed E-state index contributed by atoms with van der Waals surface area (Å²) in [5, 5.41) is 2.91. The number of rotatable bonds is 7. The molecule has 124 valence electrons. The van der Waals surface area contributed by atoms with Crippen LogP contribution in [0.5, 0.6) is 0 Å². The van der Waals surface area contributed by atoms with Crippen molar-refractivity contribution in [1.82, 2.24) is 5.32 Å². The van der Waals surface area contributed by atoms with Gasteiger partial charge in [0.2, 0.25) is 15.9 Å². The van der Waals surface area contributed by atoms with Crippen LogP contribution >= 0.6 is 0 Å². The monoisotopic (exact) mass is 326 g/mol. The van der Waals surface area contributed by atoms with E-state index in [1.54, 1.807) is 24.3 Å². The van der Waals surface area contributed by atoms with Crippen molar-refractivity contribution in [2.75, 3.05) is 10.6 Å². The van der Waals surface area contributed by atoms with E-state index in [4.69, 9.17) is 0 Å². The maximum atomic E-state index is 12.5. The average molecular weight is 326 g/mol. The first-order valence-electron chi connectivity index (χ1n) is 7.53. The number of carbonyl (C=O) groups excluding carboxylic acids is 1. The highest BCUT2D eigenvalue weighted by Gasteiger charge is 2.32. The number of nitrogens with zero attached hydrogens (tertiary/aromatic N) is 1. The summed E-state index contributed by atoms with van der Waals surface area (Å²) in [6, 6.07) is 7.96. The van der Waals surface area contributed by atoms with Crippen LogP contribution in [0.25, 0.3) is 0 Å². The Bertz CT molecular complexity index is 585. The summed E-state index contributed by atoms with van der Waals surface area (Å²) in [4.78, 5) is 12.5. The molecular formula is C16H26N2O3S. The zero-order chi connectivity index (χ0) is 16.9. The van der Waals surface area contributed by atoms with Gasteiger partial charge in [0.25, 0.3) is 0 Å². The normalized spacial score (nSPS) is 14.5. The fourth-order valence-corrected chi connectivity index (χ4v) is 3.33. The van der Waals surface area contributed by atoms with Gasteiger partial charge in [-0.05, 0) is 31.4 Å². The van der Waals surface area contributed by atoms with Crippen LogP contribution in [0.3, 0.4) is 0 Å². The molecule has 6 heteroatoms. The van der Waals surface area contributed by atoms with Crippen molar-refractivity contribution >= 4 is 21.6 Å². The van der Waals surface area contributed by atoms with Crippen LogP contribution in [0, 0.1) is 5.92 Å². The third-order valence-corrected chi connectivity index (χ3v) is 4.89. The number of para-hydroxylation sites is 1. The number of hydrogen-bond acceptors (Lipinski definition) is 3. The molecule has 0 aliphatic rings. The number of nitrogens with one attached hydrogen (secondary N) is 1. The molecule has 5 nitrogen and oxygen atoms in total. The van der Waals surface area contributed by atoms with Crippen molar-refractivity contribution in [3.05, 3.63) is 30.3 Å². The minimum atomic E-state index is -3.56. The molecule has 2 atom stereocenters. The highest BCUT2D eigenvalue weighted by atomic mass is 32.2. The first-order chi connectivity index (χ1) is 10.2. The van der Waals surface area contributed by atoms with Gasteiger partial charge in [-0.3, -0.25) is 9.10 Å². The van der Waals surface area contributed by atoms with E-state index >= 15 is 0 Å². The van der Waals surface area contributed by atoms with Crippen molar-refractivity contribution in [2.24, 2.45) is 5.92 Å². The summed E-state index contributed by atoms with van der Waals surface area (Å²) < 4.78 is 25.6. The van der Waals surface area contributed by atoms with Gasteiger partial charge in [-0.2, -0.15) is 0 Å². The number of hydrogen-bond donors (Lipinski definition) is 1. The maximum Gasteiger partial charge on any atom is 0.244 e. The highest BCUT2D eigenvalue weighted by molar-refractivity contribution is 7.92. The highest BCUT2D eigenvalue weighted by Crippen LogP contribution is 2.22. The molecule has 0 heterocycles. The molecule has 0 spiro atoms. The summed E-state index contributed by atoms with van der Waals surface area (Å²) >= 11 is 0. The lowest BCUT2D eigenvalue weighted by Crippen LogP contribution is -2.51. The molecule has 0 radical (unpaired) electrons. The van der Waals surface area contributed by atoms with E-state index in [2.05, 4.69) is 5.32 Å². The van der Waals surface area contributed by atoms with E-state index in [-0.39, 0.29) is 17.9 Å². The molecule has 0 fully saturated rings. The van der Waals surface area contributed by atoms with Crippen LogP contribution in [0.2, 0.25) is 0 Å². The summed E-state index contributed by atoms with van der Waals surface area (Å²) in [6.45, 7) is 7.75. The summed E-state index contributed by atoms with van der Waals surface area (Å²) in [5.41, 5.74) is 0.504. The van der Waals surface area contributed by atoms with Crippen molar-refractivity contribution in [1.29, 1.82) is 0 Å². The Morgan fingerprint density at radius 3 is 2.14 bits per heavy atom. The quantitative estimate of drug-likeness (QED) is 0.836. The van der Waals surface area contributed by atoms with Gasteiger partial charge in [-0.25, -0.2) is 8.42 Å². The Morgan fingerprint density at radius 2 is 1.73 bits per heavy atom. The molecule has 1 aromatic carbocycles. The van der Waals surface area contributed by atoms with Crippen LogP contribution < -0.4 is 9.62 Å². The number of benzene rings is 1. The molecule has 0 saturated carbocycles. The van der Waals surface area contributed by atoms with Gasteiger partial charge in [0.15, 0.2) is 0 Å². The zero-order valence-electron chi connectivity index (χ0n) is 13.9. The molecule has 0 saturated heterocycles. The number of amides is 1. The number of carbonyl (C=O) groups is 1. The van der Waals surface area contributed by atoms with E-state index < -0.39 is 16.1 Å². The standard InChI is InChI=1S/C16H26N2O3S/c1-6-15(16(19)17-13(4)12(2)3)18(22(5,20)21)14-10-8-7-9-11-14/h7-13,15H,6H2,1-5H3,(H,17,19)/t13-,15-/m0/s1. The van der Waals surface area contributed by atoms with Crippen LogP contribution in [0.4, 0.5) is 5.69 Å². The van der Waals surface area contributed by atoms with Gasteiger partial charge < -0.3 is 5.32 Å². The smallest absolute Gasteiger partial charge is 0.244 e. The van der Waals surface area contributed by atoms with Gasteiger partial charge >= 0.3 is 0 Å². The molecule has 1 aromatic rings. The van der Waals surface area contributed by atoms with Crippen molar-refractivity contribution in [2.45, 2.75) is 46.2 Å². The van der Waals surface area contributed by atoms with Crippen molar-refractivity contribution < 1.29 is 13.2 Å². The van der Waals surface area contributed by atoms with Gasteiger partial charge in [-0.15, -0.1) is 0 Å². The van der Waals surface area contributed by atoms with E-state index in [0.717, 1.165) is 6.26 Å². The Labute approximate surface area is 133 Å². The Morgan fingerprint density at radius 1 is 1.18 bits per heavy atom. The maximum absolute atomic E-state index is 12.5.